The number of esters is 1. The lowest BCUT2D eigenvalue weighted by Crippen LogP contribution is -2.30. The summed E-state index contributed by atoms with van der Waals surface area (Å²) in [6, 6.07) is 5.77. The third-order valence-electron chi connectivity index (χ3n) is 4.35. The van der Waals surface area contributed by atoms with Crippen LogP contribution in [-0.2, 0) is 4.74 Å². The van der Waals surface area contributed by atoms with Gasteiger partial charge in [0.15, 0.2) is 5.11 Å². The Morgan fingerprint density at radius 3 is 2.29 bits per heavy atom. The Bertz CT molecular complexity index is 945. The first kappa shape index (κ1) is 24.5. The van der Waals surface area contributed by atoms with Crippen LogP contribution in [0.1, 0.15) is 39.4 Å². The van der Waals surface area contributed by atoms with Gasteiger partial charge >= 0.3 is 12.6 Å². The van der Waals surface area contributed by atoms with E-state index in [-0.39, 0.29) is 22.3 Å². The predicted molar refractivity (Wildman–Crippen MR) is 121 cm³/mol. The summed E-state index contributed by atoms with van der Waals surface area (Å²) in [6.07, 6.45) is 0. The molecule has 1 aromatic heterocycles. The first-order valence-corrected chi connectivity index (χ1v) is 10.6. The third-order valence-corrected chi connectivity index (χ3v) is 5.74. The molecule has 11 heteroatoms. The molecule has 1 aromatic carbocycles. The van der Waals surface area contributed by atoms with Crippen LogP contribution in [0.25, 0.3) is 0 Å². The van der Waals surface area contributed by atoms with Crippen LogP contribution in [0.5, 0.6) is 5.75 Å². The molecule has 2 N–H and O–H groups in total. The van der Waals surface area contributed by atoms with E-state index in [1.165, 1.54) is 31.4 Å². The highest BCUT2D eigenvalue weighted by Crippen LogP contribution is 2.34. The van der Waals surface area contributed by atoms with E-state index in [0.717, 1.165) is 11.3 Å². The number of hydrogen-bond donors (Lipinski definition) is 2. The average molecular weight is 472 g/mol. The molecule has 0 unspecified atom stereocenters. The zero-order valence-electron chi connectivity index (χ0n) is 17.5. The molecular weight excluding hydrogens is 448 g/mol. The Balaban J connectivity index is 2.24. The summed E-state index contributed by atoms with van der Waals surface area (Å²) in [5, 5.41) is 6.34. The zero-order chi connectivity index (χ0) is 23.1. The van der Waals surface area contributed by atoms with Crippen LogP contribution in [0.4, 0.5) is 19.5 Å². The molecule has 1 heterocycles. The minimum absolute atomic E-state index is 0.0147. The molecule has 168 valence electrons. The van der Waals surface area contributed by atoms with Gasteiger partial charge in [0, 0.05) is 18.8 Å². The number of alkyl halides is 2. The number of benzene rings is 1. The number of thiocarbonyl (C=S) groups is 1. The number of anilines is 2. The first-order valence-electron chi connectivity index (χ1n) is 9.35. The molecular formula is C20H23F2N3O4S2. The highest BCUT2D eigenvalue weighted by Gasteiger charge is 2.27. The van der Waals surface area contributed by atoms with Gasteiger partial charge in [0.25, 0.3) is 5.91 Å². The van der Waals surface area contributed by atoms with Crippen molar-refractivity contribution in [3.05, 3.63) is 40.3 Å². The Labute approximate surface area is 188 Å². The number of carbonyl (C=O) groups excluding carboxylic acids is 2. The molecule has 0 radical (unpaired) electrons. The molecule has 1 amide bonds. The number of methoxy groups -OCH3 is 1. The van der Waals surface area contributed by atoms with Crippen LogP contribution in [0.15, 0.2) is 24.3 Å². The molecule has 0 spiro atoms. The lowest BCUT2D eigenvalue weighted by molar-refractivity contribution is -0.0498. The van der Waals surface area contributed by atoms with Gasteiger partial charge in [-0.15, -0.1) is 11.3 Å². The second kappa shape index (κ2) is 11.0. The molecule has 0 atom stereocenters. The molecule has 2 rings (SSSR count). The number of nitrogens with zero attached hydrogens (tertiary/aromatic N) is 1. The van der Waals surface area contributed by atoms with Crippen molar-refractivity contribution in [2.45, 2.75) is 27.4 Å². The number of amides is 1. The van der Waals surface area contributed by atoms with Crippen molar-refractivity contribution in [2.75, 3.05) is 30.8 Å². The SMILES string of the molecule is CCN(CC)C(=O)c1sc(NC(=S)Nc2ccc(OC(F)F)cc2)c(C(=O)OC)c1C. The summed E-state index contributed by atoms with van der Waals surface area (Å²) in [4.78, 5) is 27.3. The summed E-state index contributed by atoms with van der Waals surface area (Å²) in [5.41, 5.74) is 1.26. The lowest BCUT2D eigenvalue weighted by atomic mass is 10.1. The van der Waals surface area contributed by atoms with Gasteiger partial charge in [-0.2, -0.15) is 8.78 Å². The number of carbonyl (C=O) groups is 2. The summed E-state index contributed by atoms with van der Waals surface area (Å²) in [7, 11) is 1.26. The van der Waals surface area contributed by atoms with Gasteiger partial charge < -0.3 is 25.0 Å². The number of ether oxygens (including phenoxy) is 2. The summed E-state index contributed by atoms with van der Waals surface area (Å²) in [5.74, 6) is -0.758. The summed E-state index contributed by atoms with van der Waals surface area (Å²) < 4.78 is 33.7. The Morgan fingerprint density at radius 1 is 1.16 bits per heavy atom. The lowest BCUT2D eigenvalue weighted by Gasteiger charge is -2.17. The van der Waals surface area contributed by atoms with Crippen LogP contribution in [-0.4, -0.2) is 48.7 Å². The Kier molecular flexibility index (Phi) is 8.69. The van der Waals surface area contributed by atoms with Gasteiger partial charge in [-0.3, -0.25) is 4.79 Å². The molecule has 31 heavy (non-hydrogen) atoms. The molecule has 0 aliphatic rings. The fourth-order valence-corrected chi connectivity index (χ4v) is 4.24. The minimum Gasteiger partial charge on any atom is -0.465 e. The van der Waals surface area contributed by atoms with Gasteiger partial charge in [-0.25, -0.2) is 4.79 Å². The second-order valence-corrected chi connectivity index (χ2v) is 7.64. The molecule has 0 saturated heterocycles. The Hall–Kier alpha value is -2.79. The first-order chi connectivity index (χ1) is 14.7. The molecule has 2 aromatic rings. The van der Waals surface area contributed by atoms with Crippen molar-refractivity contribution in [3.8, 4) is 5.75 Å². The molecule has 0 bridgehead atoms. The van der Waals surface area contributed by atoms with E-state index >= 15 is 0 Å². The van der Waals surface area contributed by atoms with E-state index in [1.807, 2.05) is 13.8 Å². The molecule has 0 aliphatic carbocycles. The van der Waals surface area contributed by atoms with Crippen LogP contribution >= 0.6 is 23.6 Å². The smallest absolute Gasteiger partial charge is 0.387 e. The number of rotatable bonds is 8. The van der Waals surface area contributed by atoms with E-state index in [9.17, 15) is 18.4 Å². The van der Waals surface area contributed by atoms with Crippen molar-refractivity contribution < 1.29 is 27.8 Å². The van der Waals surface area contributed by atoms with E-state index in [1.54, 1.807) is 11.8 Å². The van der Waals surface area contributed by atoms with E-state index < -0.39 is 12.6 Å². The maximum Gasteiger partial charge on any atom is 0.387 e. The van der Waals surface area contributed by atoms with Crippen LogP contribution < -0.4 is 15.4 Å². The quantitative estimate of drug-likeness (QED) is 0.425. The van der Waals surface area contributed by atoms with Gasteiger partial charge in [-0.1, -0.05) is 0 Å². The molecule has 0 fully saturated rings. The van der Waals surface area contributed by atoms with Gasteiger partial charge in [0.2, 0.25) is 0 Å². The number of halogens is 2. The maximum absolute atomic E-state index is 12.8. The largest absolute Gasteiger partial charge is 0.465 e. The van der Waals surface area contributed by atoms with Crippen LogP contribution in [0.2, 0.25) is 0 Å². The molecule has 0 aliphatic heterocycles. The van der Waals surface area contributed by atoms with Crippen LogP contribution in [0.3, 0.4) is 0 Å². The summed E-state index contributed by atoms with van der Waals surface area (Å²) >= 11 is 6.42. The summed E-state index contributed by atoms with van der Waals surface area (Å²) in [6.45, 7) is 3.60. The van der Waals surface area contributed by atoms with Crippen LogP contribution in [0, 0.1) is 6.92 Å². The number of nitrogens with one attached hydrogen (secondary N) is 2. The maximum atomic E-state index is 12.8. The van der Waals surface area contributed by atoms with Crippen molar-refractivity contribution in [2.24, 2.45) is 0 Å². The van der Waals surface area contributed by atoms with Gasteiger partial charge in [0.05, 0.1) is 17.6 Å². The monoisotopic (exact) mass is 471 g/mol. The minimum atomic E-state index is -2.91. The van der Waals surface area contributed by atoms with E-state index in [2.05, 4.69) is 15.4 Å². The fraction of sp³-hybridized carbons (Fsp3) is 0.350. The molecule has 7 nitrogen and oxygen atoms in total. The number of thiophene rings is 1. The zero-order valence-corrected chi connectivity index (χ0v) is 19.1. The predicted octanol–water partition coefficient (Wildman–Crippen LogP) is 4.74. The van der Waals surface area contributed by atoms with Crippen molar-refractivity contribution >= 4 is 51.2 Å². The van der Waals surface area contributed by atoms with Crippen molar-refractivity contribution in [1.29, 1.82) is 0 Å². The molecule has 0 saturated carbocycles. The van der Waals surface area contributed by atoms with Gasteiger partial charge in [-0.05, 0) is 62.8 Å². The standard InChI is InChI=1S/C20H23F2N3O4S2/c1-5-25(6-2)17(26)15-11(3)14(18(27)28-4)16(31-15)24-20(30)23-12-7-9-13(10-8-12)29-19(21)22/h7-10,19H,5-6H2,1-4H3,(H2,23,24,30). The van der Waals surface area contributed by atoms with E-state index in [0.29, 0.717) is 34.2 Å². The highest BCUT2D eigenvalue weighted by molar-refractivity contribution is 7.80. The second-order valence-electron chi connectivity index (χ2n) is 6.21. The van der Waals surface area contributed by atoms with Gasteiger partial charge in [0.1, 0.15) is 10.8 Å². The van der Waals surface area contributed by atoms with E-state index in [4.69, 9.17) is 17.0 Å². The Morgan fingerprint density at radius 2 is 1.77 bits per heavy atom. The number of hydrogen-bond acceptors (Lipinski definition) is 6. The third kappa shape index (κ3) is 6.11. The topological polar surface area (TPSA) is 79.9 Å². The van der Waals surface area contributed by atoms with Crippen molar-refractivity contribution in [1.82, 2.24) is 4.90 Å². The normalized spacial score (nSPS) is 10.5. The average Bonchev–Trinajstić information content (AvgIpc) is 3.05. The highest BCUT2D eigenvalue weighted by atomic mass is 32.1. The van der Waals surface area contributed by atoms with Crippen molar-refractivity contribution in [3.63, 3.8) is 0 Å². The fourth-order valence-electron chi connectivity index (χ4n) is 2.79.